The first-order valence-corrected chi connectivity index (χ1v) is 13.9. The lowest BCUT2D eigenvalue weighted by atomic mass is 9.97. The van der Waals surface area contributed by atoms with Crippen LogP contribution in [0.5, 0.6) is 0 Å². The lowest BCUT2D eigenvalue weighted by Gasteiger charge is -2.45. The fourth-order valence-corrected chi connectivity index (χ4v) is 5.28. The summed E-state index contributed by atoms with van der Waals surface area (Å²) >= 11 is 0. The standard InChI is InChI=1S/C24H42O19/c25-3-11-7(27)1-9(29)22(40-11)37-5-13-8(28)2-10(30)23(41-13)38-6-14-15(31)16(32)19(35)24(42-14)43-20-12(4-26)39-21(36)18(34)17(20)33/h7-36H,1-6H2/t7-,8-,9+,10+,11+,12+,13+,14+,15+,16-,17+,18+,19+,20+,21?,22-,23-,24+/m0/s1. The molecular formula is C24H42O19. The van der Waals surface area contributed by atoms with E-state index in [1.54, 1.807) is 0 Å². The normalized spacial score (nSPS) is 51.3. The van der Waals surface area contributed by atoms with Crippen molar-refractivity contribution < 1.29 is 94.4 Å². The third kappa shape index (κ3) is 7.97. The van der Waals surface area contributed by atoms with Crippen LogP contribution in [0.4, 0.5) is 0 Å². The zero-order valence-corrected chi connectivity index (χ0v) is 22.9. The Kier molecular flexibility index (Phi) is 12.4. The summed E-state index contributed by atoms with van der Waals surface area (Å²) in [5, 5.41) is 121. The van der Waals surface area contributed by atoms with Crippen molar-refractivity contribution in [2.24, 2.45) is 0 Å². The lowest BCUT2D eigenvalue weighted by molar-refractivity contribution is -0.361. The van der Waals surface area contributed by atoms with Crippen molar-refractivity contribution in [3.63, 3.8) is 0 Å². The van der Waals surface area contributed by atoms with Gasteiger partial charge in [0.05, 0.1) is 38.6 Å². The van der Waals surface area contributed by atoms with Gasteiger partial charge < -0.3 is 94.4 Å². The van der Waals surface area contributed by atoms with E-state index in [1.807, 2.05) is 0 Å². The van der Waals surface area contributed by atoms with Crippen molar-refractivity contribution in [3.8, 4) is 0 Å². The Labute approximate surface area is 244 Å². The molecule has 19 heteroatoms. The molecule has 4 rings (SSSR count). The smallest absolute Gasteiger partial charge is 0.187 e. The predicted molar refractivity (Wildman–Crippen MR) is 131 cm³/mol. The summed E-state index contributed by atoms with van der Waals surface area (Å²) < 4.78 is 38.0. The molecule has 0 bridgehead atoms. The second kappa shape index (κ2) is 15.2. The molecule has 0 aromatic heterocycles. The molecule has 43 heavy (non-hydrogen) atoms. The van der Waals surface area contributed by atoms with E-state index in [0.29, 0.717) is 0 Å². The van der Waals surface area contributed by atoms with Gasteiger partial charge in [-0.3, -0.25) is 0 Å². The van der Waals surface area contributed by atoms with Crippen LogP contribution in [0, 0.1) is 0 Å². The maximum atomic E-state index is 10.5. The average molecular weight is 635 g/mol. The monoisotopic (exact) mass is 634 g/mol. The van der Waals surface area contributed by atoms with Crippen LogP contribution in [0.25, 0.3) is 0 Å². The van der Waals surface area contributed by atoms with Crippen molar-refractivity contribution in [2.45, 2.75) is 123 Å². The van der Waals surface area contributed by atoms with Crippen LogP contribution in [0.2, 0.25) is 0 Å². The quantitative estimate of drug-likeness (QED) is 0.106. The van der Waals surface area contributed by atoms with Gasteiger partial charge in [-0.05, 0) is 0 Å². The van der Waals surface area contributed by atoms with Crippen LogP contribution in [0.3, 0.4) is 0 Å². The van der Waals surface area contributed by atoms with Crippen molar-refractivity contribution >= 4 is 0 Å². The van der Waals surface area contributed by atoms with Gasteiger partial charge in [0.25, 0.3) is 0 Å². The van der Waals surface area contributed by atoms with Crippen LogP contribution in [-0.2, 0) is 33.2 Å². The molecule has 4 fully saturated rings. The van der Waals surface area contributed by atoms with E-state index in [2.05, 4.69) is 0 Å². The molecule has 19 nitrogen and oxygen atoms in total. The van der Waals surface area contributed by atoms with Crippen LogP contribution in [0.15, 0.2) is 0 Å². The lowest BCUT2D eigenvalue weighted by Crippen LogP contribution is -2.64. The minimum absolute atomic E-state index is 0.126. The Hall–Kier alpha value is -0.760. The van der Waals surface area contributed by atoms with Gasteiger partial charge in [-0.15, -0.1) is 0 Å². The maximum Gasteiger partial charge on any atom is 0.187 e. The van der Waals surface area contributed by atoms with E-state index >= 15 is 0 Å². The minimum atomic E-state index is -1.88. The highest BCUT2D eigenvalue weighted by Gasteiger charge is 2.51. The van der Waals surface area contributed by atoms with Crippen LogP contribution in [-0.4, -0.2) is 198 Å². The van der Waals surface area contributed by atoms with Gasteiger partial charge in [0.2, 0.25) is 0 Å². The van der Waals surface area contributed by atoms with Gasteiger partial charge in [-0.1, -0.05) is 0 Å². The van der Waals surface area contributed by atoms with E-state index in [1.165, 1.54) is 0 Å². The number of rotatable bonds is 10. The predicted octanol–water partition coefficient (Wildman–Crippen LogP) is -7.69. The Morgan fingerprint density at radius 2 is 0.977 bits per heavy atom. The number of aliphatic hydroxyl groups is 12. The highest BCUT2D eigenvalue weighted by Crippen LogP contribution is 2.30. The second-order valence-electron chi connectivity index (χ2n) is 11.0. The average Bonchev–Trinajstić information content (AvgIpc) is 2.97. The SMILES string of the molecule is OC[C@H]1OC(O)[C@H](O)[C@@H](O)[C@@H]1O[C@H]1O[C@H](CO[C@H]2O[C@H](CO[C@H]3O[C@H](CO)[C@@H](O)C[C@H]3O)[C@@H](O)C[C@H]2O)[C@@H](O)[C@H](O)[C@H]1O. The topological polar surface area (TPSA) is 307 Å². The molecule has 18 atom stereocenters. The van der Waals surface area contributed by atoms with E-state index in [9.17, 15) is 61.3 Å². The fourth-order valence-electron chi connectivity index (χ4n) is 5.28. The van der Waals surface area contributed by atoms with Crippen LogP contribution < -0.4 is 0 Å². The van der Waals surface area contributed by atoms with E-state index in [0.717, 1.165) is 0 Å². The van der Waals surface area contributed by atoms with E-state index in [4.69, 9.17) is 33.2 Å². The highest BCUT2D eigenvalue weighted by molar-refractivity contribution is 4.94. The molecule has 4 saturated heterocycles. The summed E-state index contributed by atoms with van der Waals surface area (Å²) in [5.41, 5.74) is 0. The molecule has 0 aromatic carbocycles. The Balaban J connectivity index is 1.34. The summed E-state index contributed by atoms with van der Waals surface area (Å²) in [6.07, 6.45) is -27.1. The van der Waals surface area contributed by atoms with Gasteiger partial charge in [0.1, 0.15) is 73.2 Å². The zero-order valence-electron chi connectivity index (χ0n) is 22.9. The van der Waals surface area contributed by atoms with Crippen molar-refractivity contribution in [1.29, 1.82) is 0 Å². The number of ether oxygens (including phenoxy) is 7. The number of hydrogen-bond donors (Lipinski definition) is 12. The Morgan fingerprint density at radius 3 is 1.56 bits per heavy atom. The zero-order chi connectivity index (χ0) is 31.6. The third-order valence-corrected chi connectivity index (χ3v) is 7.90. The van der Waals surface area contributed by atoms with Gasteiger partial charge in [0, 0.05) is 12.8 Å². The Morgan fingerprint density at radius 1 is 0.465 bits per heavy atom. The molecule has 0 saturated carbocycles. The molecule has 0 amide bonds. The molecule has 4 aliphatic rings. The van der Waals surface area contributed by atoms with Crippen LogP contribution in [0.1, 0.15) is 12.8 Å². The van der Waals surface area contributed by atoms with Crippen molar-refractivity contribution in [2.75, 3.05) is 26.4 Å². The van der Waals surface area contributed by atoms with Gasteiger partial charge in [-0.25, -0.2) is 0 Å². The number of aliphatic hydroxyl groups excluding tert-OH is 12. The van der Waals surface area contributed by atoms with E-state index in [-0.39, 0.29) is 19.4 Å². The first kappa shape index (κ1) is 35.1. The van der Waals surface area contributed by atoms with Crippen LogP contribution >= 0.6 is 0 Å². The number of hydrogen-bond acceptors (Lipinski definition) is 19. The largest absolute Gasteiger partial charge is 0.394 e. The van der Waals surface area contributed by atoms with Gasteiger partial charge in [0.15, 0.2) is 25.2 Å². The molecule has 0 aromatic rings. The summed E-state index contributed by atoms with van der Waals surface area (Å²) in [5.74, 6) is 0. The molecule has 1 unspecified atom stereocenters. The summed E-state index contributed by atoms with van der Waals surface area (Å²) in [6, 6.07) is 0. The highest BCUT2D eigenvalue weighted by atomic mass is 16.8. The third-order valence-electron chi connectivity index (χ3n) is 7.90. The maximum absolute atomic E-state index is 10.5. The molecule has 4 heterocycles. The molecule has 12 N–H and O–H groups in total. The first-order chi connectivity index (χ1) is 20.4. The van der Waals surface area contributed by atoms with Crippen molar-refractivity contribution in [1.82, 2.24) is 0 Å². The molecule has 0 spiro atoms. The fraction of sp³-hybridized carbons (Fsp3) is 1.00. The van der Waals surface area contributed by atoms with Gasteiger partial charge >= 0.3 is 0 Å². The summed E-state index contributed by atoms with van der Waals surface area (Å²) in [7, 11) is 0. The van der Waals surface area contributed by atoms with Crippen molar-refractivity contribution in [3.05, 3.63) is 0 Å². The minimum Gasteiger partial charge on any atom is -0.394 e. The Bertz CT molecular complexity index is 853. The molecule has 0 aliphatic carbocycles. The summed E-state index contributed by atoms with van der Waals surface area (Å²) in [4.78, 5) is 0. The molecule has 252 valence electrons. The molecule has 0 radical (unpaired) electrons. The van der Waals surface area contributed by atoms with Gasteiger partial charge in [-0.2, -0.15) is 0 Å². The first-order valence-electron chi connectivity index (χ1n) is 13.9. The van der Waals surface area contributed by atoms with E-state index < -0.39 is 130 Å². The molecule has 4 aliphatic heterocycles. The molecular weight excluding hydrogens is 592 g/mol. The second-order valence-corrected chi connectivity index (χ2v) is 11.0. The summed E-state index contributed by atoms with van der Waals surface area (Å²) in [6.45, 7) is -2.21.